The van der Waals surface area contributed by atoms with Crippen molar-refractivity contribution in [3.8, 4) is 0 Å². The molecule has 2 N–H and O–H groups in total. The summed E-state index contributed by atoms with van der Waals surface area (Å²) >= 11 is 1.68. The topological polar surface area (TPSA) is 66.4 Å². The van der Waals surface area contributed by atoms with Crippen molar-refractivity contribution < 1.29 is 14.7 Å². The quantitative estimate of drug-likeness (QED) is 0.870. The van der Waals surface area contributed by atoms with Gasteiger partial charge < -0.3 is 10.4 Å². The first-order chi connectivity index (χ1) is 8.87. The highest BCUT2D eigenvalue weighted by Gasteiger charge is 2.65. The number of rotatable bonds is 5. The molecule has 2 rings (SSSR count). The zero-order valence-corrected chi connectivity index (χ0v) is 12.2. The minimum absolute atomic E-state index is 0.149. The minimum atomic E-state index is -0.880. The van der Waals surface area contributed by atoms with Crippen LogP contribution in [0.15, 0.2) is 12.1 Å². The maximum atomic E-state index is 12.0. The monoisotopic (exact) mass is 281 g/mol. The average Bonchev–Trinajstić information content (AvgIpc) is 2.73. The van der Waals surface area contributed by atoms with E-state index in [0.717, 1.165) is 11.3 Å². The van der Waals surface area contributed by atoms with Crippen LogP contribution >= 0.6 is 11.3 Å². The lowest BCUT2D eigenvalue weighted by molar-refractivity contribution is -0.140. The summed E-state index contributed by atoms with van der Waals surface area (Å²) in [6.07, 6.45) is 0.995. The summed E-state index contributed by atoms with van der Waals surface area (Å²) in [4.78, 5) is 25.4. The van der Waals surface area contributed by atoms with Crippen LogP contribution in [0.3, 0.4) is 0 Å². The van der Waals surface area contributed by atoms with Crippen molar-refractivity contribution in [3.63, 3.8) is 0 Å². The van der Waals surface area contributed by atoms with Crippen molar-refractivity contribution in [1.29, 1.82) is 0 Å². The summed E-state index contributed by atoms with van der Waals surface area (Å²) in [7, 11) is 0. The van der Waals surface area contributed by atoms with Gasteiger partial charge in [-0.15, -0.1) is 11.3 Å². The molecule has 0 unspecified atom stereocenters. The van der Waals surface area contributed by atoms with Crippen molar-refractivity contribution in [3.05, 3.63) is 21.9 Å². The first-order valence-electron chi connectivity index (χ1n) is 6.46. The molecular weight excluding hydrogens is 262 g/mol. The van der Waals surface area contributed by atoms with Crippen LogP contribution in [-0.4, -0.2) is 17.0 Å². The van der Waals surface area contributed by atoms with Gasteiger partial charge in [0.15, 0.2) is 0 Å². The highest BCUT2D eigenvalue weighted by Crippen LogP contribution is 2.58. The molecule has 0 aromatic carbocycles. The molecule has 1 aliphatic rings. The van der Waals surface area contributed by atoms with E-state index in [4.69, 9.17) is 5.11 Å². The van der Waals surface area contributed by atoms with Crippen molar-refractivity contribution in [2.75, 3.05) is 0 Å². The van der Waals surface area contributed by atoms with Crippen LogP contribution < -0.4 is 5.32 Å². The largest absolute Gasteiger partial charge is 0.481 e. The van der Waals surface area contributed by atoms with Gasteiger partial charge in [0, 0.05) is 9.75 Å². The van der Waals surface area contributed by atoms with Crippen LogP contribution in [0.25, 0.3) is 0 Å². The van der Waals surface area contributed by atoms with Crippen LogP contribution in [0, 0.1) is 17.3 Å². The van der Waals surface area contributed by atoms with Gasteiger partial charge in [0.05, 0.1) is 18.4 Å². The maximum Gasteiger partial charge on any atom is 0.307 e. The van der Waals surface area contributed by atoms with Crippen LogP contribution in [0.2, 0.25) is 0 Å². The molecule has 0 saturated heterocycles. The zero-order valence-electron chi connectivity index (χ0n) is 11.4. The van der Waals surface area contributed by atoms with E-state index in [2.05, 4.69) is 18.3 Å². The molecule has 2 atom stereocenters. The lowest BCUT2D eigenvalue weighted by atomic mass is 10.1. The summed E-state index contributed by atoms with van der Waals surface area (Å²) in [6, 6.07) is 4.07. The third kappa shape index (κ3) is 2.66. The Bertz CT molecular complexity index is 507. The molecule has 19 heavy (non-hydrogen) atoms. The van der Waals surface area contributed by atoms with E-state index in [-0.39, 0.29) is 5.91 Å². The third-order valence-electron chi connectivity index (χ3n) is 3.88. The second-order valence-electron chi connectivity index (χ2n) is 5.55. The van der Waals surface area contributed by atoms with Gasteiger partial charge in [-0.3, -0.25) is 9.59 Å². The van der Waals surface area contributed by atoms with Gasteiger partial charge in [0.2, 0.25) is 5.91 Å². The number of thiophene rings is 1. The van der Waals surface area contributed by atoms with E-state index in [1.165, 1.54) is 4.88 Å². The molecule has 4 nitrogen and oxygen atoms in total. The minimum Gasteiger partial charge on any atom is -0.481 e. The molecule has 0 radical (unpaired) electrons. The van der Waals surface area contributed by atoms with Gasteiger partial charge in [-0.05, 0) is 24.0 Å². The predicted octanol–water partition coefficient (Wildman–Crippen LogP) is 2.28. The maximum absolute atomic E-state index is 12.0. The molecule has 1 amide bonds. The number of amides is 1. The summed E-state index contributed by atoms with van der Waals surface area (Å²) in [6.45, 7) is 6.24. The summed E-state index contributed by atoms with van der Waals surface area (Å²) in [5, 5.41) is 11.9. The van der Waals surface area contributed by atoms with Crippen LogP contribution in [-0.2, 0) is 22.6 Å². The first-order valence-corrected chi connectivity index (χ1v) is 7.27. The van der Waals surface area contributed by atoms with Gasteiger partial charge in [0.25, 0.3) is 0 Å². The Balaban J connectivity index is 1.91. The van der Waals surface area contributed by atoms with E-state index in [0.29, 0.717) is 6.54 Å². The molecule has 0 spiro atoms. The summed E-state index contributed by atoms with van der Waals surface area (Å²) in [5.74, 6) is -1.99. The predicted molar refractivity (Wildman–Crippen MR) is 73.9 cm³/mol. The smallest absolute Gasteiger partial charge is 0.307 e. The number of carbonyl (C=O) groups excluding carboxylic acids is 1. The molecule has 1 saturated carbocycles. The Morgan fingerprint density at radius 2 is 1.95 bits per heavy atom. The molecule has 1 aromatic rings. The van der Waals surface area contributed by atoms with Crippen molar-refractivity contribution in [2.24, 2.45) is 17.3 Å². The van der Waals surface area contributed by atoms with Gasteiger partial charge >= 0.3 is 5.97 Å². The molecule has 5 heteroatoms. The third-order valence-corrected chi connectivity index (χ3v) is 5.11. The standard InChI is InChI=1S/C14H19NO3S/c1-4-8-5-6-9(19-8)7-15-12(16)10-11(13(17)18)14(10,2)3/h5-6,10-11H,4,7H2,1-3H3,(H,15,16)(H,17,18)/t10-,11+/m1/s1. The fourth-order valence-electron chi connectivity index (χ4n) is 2.58. The fraction of sp³-hybridized carbons (Fsp3) is 0.571. The Morgan fingerprint density at radius 1 is 1.32 bits per heavy atom. The Labute approximate surface area is 116 Å². The molecule has 1 aliphatic carbocycles. The molecule has 1 fully saturated rings. The number of carboxylic acids is 1. The molecular formula is C14H19NO3S. The number of carbonyl (C=O) groups is 2. The van der Waals surface area contributed by atoms with Crippen molar-refractivity contribution in [2.45, 2.75) is 33.7 Å². The lowest BCUT2D eigenvalue weighted by Gasteiger charge is -2.04. The zero-order chi connectivity index (χ0) is 14.2. The normalized spacial score (nSPS) is 23.9. The van der Waals surface area contributed by atoms with Gasteiger partial charge in [-0.1, -0.05) is 20.8 Å². The van der Waals surface area contributed by atoms with Crippen molar-refractivity contribution >= 4 is 23.2 Å². The number of aliphatic carboxylic acids is 1. The Hall–Kier alpha value is -1.36. The lowest BCUT2D eigenvalue weighted by Crippen LogP contribution is -2.26. The average molecular weight is 281 g/mol. The van der Waals surface area contributed by atoms with Crippen LogP contribution in [0.4, 0.5) is 0 Å². The van der Waals surface area contributed by atoms with Gasteiger partial charge in [0.1, 0.15) is 0 Å². The van der Waals surface area contributed by atoms with Gasteiger partial charge in [-0.25, -0.2) is 0 Å². The van der Waals surface area contributed by atoms with E-state index in [1.54, 1.807) is 11.3 Å². The summed E-state index contributed by atoms with van der Waals surface area (Å²) in [5.41, 5.74) is -0.431. The summed E-state index contributed by atoms with van der Waals surface area (Å²) < 4.78 is 0. The van der Waals surface area contributed by atoms with Crippen LogP contribution in [0.5, 0.6) is 0 Å². The van der Waals surface area contributed by atoms with E-state index < -0.39 is 23.2 Å². The number of nitrogens with one attached hydrogen (secondary N) is 1. The molecule has 1 aromatic heterocycles. The van der Waals surface area contributed by atoms with E-state index >= 15 is 0 Å². The number of hydrogen-bond acceptors (Lipinski definition) is 3. The highest BCUT2D eigenvalue weighted by molar-refractivity contribution is 7.11. The highest BCUT2D eigenvalue weighted by atomic mass is 32.1. The Kier molecular flexibility index (Phi) is 3.67. The molecule has 0 bridgehead atoms. The number of hydrogen-bond donors (Lipinski definition) is 2. The molecule has 104 valence electrons. The first kappa shape index (κ1) is 14.1. The van der Waals surface area contributed by atoms with E-state index in [9.17, 15) is 9.59 Å². The molecule has 0 aliphatic heterocycles. The van der Waals surface area contributed by atoms with Crippen LogP contribution in [0.1, 0.15) is 30.5 Å². The Morgan fingerprint density at radius 3 is 2.42 bits per heavy atom. The number of aryl methyl sites for hydroxylation is 1. The fourth-order valence-corrected chi connectivity index (χ4v) is 3.48. The van der Waals surface area contributed by atoms with Crippen molar-refractivity contribution in [1.82, 2.24) is 5.32 Å². The van der Waals surface area contributed by atoms with E-state index in [1.807, 2.05) is 19.9 Å². The number of carboxylic acid groups (broad SMARTS) is 1. The second-order valence-corrected chi connectivity index (χ2v) is 6.81. The SMILES string of the molecule is CCc1ccc(CNC(=O)[C@H]2[C@@H](C(=O)O)C2(C)C)s1. The van der Waals surface area contributed by atoms with Gasteiger partial charge in [-0.2, -0.15) is 0 Å². The molecule has 1 heterocycles. The second kappa shape index (κ2) is 4.96.